The van der Waals surface area contributed by atoms with Crippen LogP contribution in [0.3, 0.4) is 0 Å². The van der Waals surface area contributed by atoms with Gasteiger partial charge >= 0.3 is 0 Å². The van der Waals surface area contributed by atoms with Crippen LogP contribution in [0.4, 0.5) is 4.39 Å². The number of alkyl halides is 1. The highest BCUT2D eigenvalue weighted by Gasteiger charge is 2.17. The van der Waals surface area contributed by atoms with Crippen molar-refractivity contribution in [1.82, 2.24) is 9.55 Å². The van der Waals surface area contributed by atoms with Crippen molar-refractivity contribution in [2.75, 3.05) is 0 Å². The zero-order chi connectivity index (χ0) is 14.0. The average molecular weight is 283 g/mol. The Bertz CT molecular complexity index is 559. The maximum absolute atomic E-state index is 13.5. The van der Waals surface area contributed by atoms with Crippen LogP contribution in [0.5, 0.6) is 0 Å². The molecule has 0 saturated carbocycles. The summed E-state index contributed by atoms with van der Waals surface area (Å²) in [5.41, 5.74) is 1.66. The van der Waals surface area contributed by atoms with Crippen LogP contribution in [0.15, 0.2) is 18.2 Å². The number of aromatic nitrogens is 2. The van der Waals surface area contributed by atoms with Gasteiger partial charge in [-0.15, -0.1) is 11.6 Å². The first kappa shape index (κ1) is 14.3. The van der Waals surface area contributed by atoms with E-state index in [4.69, 9.17) is 11.6 Å². The molecule has 1 atom stereocenters. The number of halogens is 2. The number of imidazole rings is 1. The highest BCUT2D eigenvalue weighted by molar-refractivity contribution is 6.20. The molecule has 19 heavy (non-hydrogen) atoms. The lowest BCUT2D eigenvalue weighted by Gasteiger charge is -2.17. The van der Waals surface area contributed by atoms with Gasteiger partial charge in [-0.2, -0.15) is 0 Å². The van der Waals surface area contributed by atoms with Gasteiger partial charge in [-0.3, -0.25) is 0 Å². The van der Waals surface area contributed by atoms with Crippen LogP contribution in [0, 0.1) is 11.7 Å². The van der Waals surface area contributed by atoms with E-state index < -0.39 is 0 Å². The fourth-order valence-electron chi connectivity index (χ4n) is 2.42. The van der Waals surface area contributed by atoms with Gasteiger partial charge in [-0.25, -0.2) is 9.37 Å². The first-order valence-corrected chi connectivity index (χ1v) is 7.30. The molecule has 0 aliphatic carbocycles. The zero-order valence-electron chi connectivity index (χ0n) is 11.7. The fourth-order valence-corrected chi connectivity index (χ4v) is 2.58. The number of fused-ring (bicyclic) bond motifs is 1. The molecule has 0 radical (unpaired) electrons. The summed E-state index contributed by atoms with van der Waals surface area (Å²) in [5.74, 6) is 1.16. The van der Waals surface area contributed by atoms with Crippen molar-refractivity contribution in [1.29, 1.82) is 0 Å². The minimum Gasteiger partial charge on any atom is -0.326 e. The lowest BCUT2D eigenvalue weighted by Crippen LogP contribution is -2.12. The van der Waals surface area contributed by atoms with Gasteiger partial charge in [0.15, 0.2) is 0 Å². The highest BCUT2D eigenvalue weighted by Crippen LogP contribution is 2.27. The Morgan fingerprint density at radius 1 is 1.32 bits per heavy atom. The van der Waals surface area contributed by atoms with Crippen LogP contribution in [-0.4, -0.2) is 9.55 Å². The third kappa shape index (κ3) is 2.92. The molecule has 0 saturated heterocycles. The van der Waals surface area contributed by atoms with E-state index in [2.05, 4.69) is 23.4 Å². The Hall–Kier alpha value is -1.09. The first-order valence-electron chi connectivity index (χ1n) is 6.86. The smallest absolute Gasteiger partial charge is 0.127 e. The SMILES string of the molecule is CCC(CC)Cn1c(C(C)Cl)nc2ccc(F)cc21. The van der Waals surface area contributed by atoms with Crippen molar-refractivity contribution in [3.63, 3.8) is 0 Å². The van der Waals surface area contributed by atoms with Gasteiger partial charge in [0, 0.05) is 6.54 Å². The van der Waals surface area contributed by atoms with Crippen LogP contribution in [0.1, 0.15) is 44.8 Å². The van der Waals surface area contributed by atoms with Crippen molar-refractivity contribution in [2.45, 2.75) is 45.5 Å². The molecule has 4 heteroatoms. The monoisotopic (exact) mass is 282 g/mol. The van der Waals surface area contributed by atoms with Crippen LogP contribution in [0.25, 0.3) is 11.0 Å². The second-order valence-corrected chi connectivity index (χ2v) is 5.67. The molecule has 0 amide bonds. The summed E-state index contributed by atoms with van der Waals surface area (Å²) in [5, 5.41) is -0.176. The Kier molecular flexibility index (Phi) is 4.46. The van der Waals surface area contributed by atoms with Crippen LogP contribution >= 0.6 is 11.6 Å². The Balaban J connectivity index is 2.53. The lowest BCUT2D eigenvalue weighted by atomic mass is 10.0. The molecule has 0 aliphatic rings. The van der Waals surface area contributed by atoms with E-state index in [0.717, 1.165) is 36.2 Å². The quantitative estimate of drug-likeness (QED) is 0.712. The predicted molar refractivity (Wildman–Crippen MR) is 78.0 cm³/mol. The van der Waals surface area contributed by atoms with Crippen molar-refractivity contribution in [3.8, 4) is 0 Å². The molecule has 0 bridgehead atoms. The largest absolute Gasteiger partial charge is 0.326 e. The number of hydrogen-bond acceptors (Lipinski definition) is 1. The predicted octanol–water partition coefficient (Wildman–Crippen LogP) is 4.91. The molecule has 104 valence electrons. The molecule has 1 heterocycles. The maximum Gasteiger partial charge on any atom is 0.127 e. The summed E-state index contributed by atoms with van der Waals surface area (Å²) in [7, 11) is 0. The molecular formula is C15H20ClFN2. The topological polar surface area (TPSA) is 17.8 Å². The first-order chi connectivity index (χ1) is 9.06. The molecule has 2 aromatic rings. The van der Waals surface area contributed by atoms with Gasteiger partial charge in [0.2, 0.25) is 0 Å². The third-order valence-electron chi connectivity index (χ3n) is 3.69. The van der Waals surface area contributed by atoms with Gasteiger partial charge in [-0.05, 0) is 31.0 Å². The second kappa shape index (κ2) is 5.91. The summed E-state index contributed by atoms with van der Waals surface area (Å²) in [6.07, 6.45) is 2.20. The van der Waals surface area contributed by atoms with Crippen LogP contribution in [-0.2, 0) is 6.54 Å². The molecule has 0 N–H and O–H groups in total. The average Bonchev–Trinajstić information content (AvgIpc) is 2.74. The number of benzene rings is 1. The van der Waals surface area contributed by atoms with Crippen LogP contribution in [0.2, 0.25) is 0 Å². The van der Waals surface area contributed by atoms with E-state index in [0.29, 0.717) is 5.92 Å². The summed E-state index contributed by atoms with van der Waals surface area (Å²) < 4.78 is 15.5. The summed E-state index contributed by atoms with van der Waals surface area (Å²) in [6, 6.07) is 4.71. The van der Waals surface area contributed by atoms with E-state index >= 15 is 0 Å². The molecule has 1 unspecified atom stereocenters. The number of nitrogens with zero attached hydrogens (tertiary/aromatic N) is 2. The standard InChI is InChI=1S/C15H20ClFN2/c1-4-11(5-2)9-19-14-8-12(17)6-7-13(14)18-15(19)10(3)16/h6-8,10-11H,4-5,9H2,1-3H3. The van der Waals surface area contributed by atoms with E-state index in [1.165, 1.54) is 6.07 Å². The van der Waals surface area contributed by atoms with Crippen LogP contribution < -0.4 is 0 Å². The van der Waals surface area contributed by atoms with Gasteiger partial charge < -0.3 is 4.57 Å². The van der Waals surface area contributed by atoms with Crippen molar-refractivity contribution < 1.29 is 4.39 Å². The van der Waals surface area contributed by atoms with Crippen molar-refractivity contribution in [2.24, 2.45) is 5.92 Å². The van der Waals surface area contributed by atoms with E-state index in [-0.39, 0.29) is 11.2 Å². The lowest BCUT2D eigenvalue weighted by molar-refractivity contribution is 0.416. The van der Waals surface area contributed by atoms with E-state index in [1.54, 1.807) is 12.1 Å². The maximum atomic E-state index is 13.5. The zero-order valence-corrected chi connectivity index (χ0v) is 12.4. The Morgan fingerprint density at radius 2 is 2.00 bits per heavy atom. The molecule has 2 rings (SSSR count). The van der Waals surface area contributed by atoms with Gasteiger partial charge in [0.1, 0.15) is 11.6 Å². The van der Waals surface area contributed by atoms with Gasteiger partial charge in [-0.1, -0.05) is 26.7 Å². The van der Waals surface area contributed by atoms with Gasteiger partial charge in [0.05, 0.1) is 16.4 Å². The Labute approximate surface area is 118 Å². The fraction of sp³-hybridized carbons (Fsp3) is 0.533. The van der Waals surface area contributed by atoms with E-state index in [9.17, 15) is 4.39 Å². The highest BCUT2D eigenvalue weighted by atomic mass is 35.5. The van der Waals surface area contributed by atoms with Crippen molar-refractivity contribution >= 4 is 22.6 Å². The van der Waals surface area contributed by atoms with Gasteiger partial charge in [0.25, 0.3) is 0 Å². The normalized spacial score (nSPS) is 13.4. The molecule has 0 aliphatic heterocycles. The molecule has 2 nitrogen and oxygen atoms in total. The van der Waals surface area contributed by atoms with E-state index in [1.807, 2.05) is 6.92 Å². The molecular weight excluding hydrogens is 263 g/mol. The third-order valence-corrected chi connectivity index (χ3v) is 3.89. The Morgan fingerprint density at radius 3 is 2.58 bits per heavy atom. The number of rotatable bonds is 5. The minimum atomic E-state index is -0.230. The summed E-state index contributed by atoms with van der Waals surface area (Å²) >= 11 is 6.21. The molecule has 0 spiro atoms. The summed E-state index contributed by atoms with van der Waals surface area (Å²) in [6.45, 7) is 7.11. The van der Waals surface area contributed by atoms with Crippen molar-refractivity contribution in [3.05, 3.63) is 29.8 Å². The molecule has 1 aromatic carbocycles. The summed E-state index contributed by atoms with van der Waals surface area (Å²) in [4.78, 5) is 4.54. The number of hydrogen-bond donors (Lipinski definition) is 0. The molecule has 1 aromatic heterocycles. The second-order valence-electron chi connectivity index (χ2n) is 5.01. The molecule has 0 fully saturated rings. The minimum absolute atomic E-state index is 0.176.